The predicted molar refractivity (Wildman–Crippen MR) is 102 cm³/mol. The zero-order valence-electron chi connectivity index (χ0n) is 15.5. The SMILES string of the molecule is Cc1nn(C)c(C)c1CC(C)C(=O)Nc1ccc(-c2ccccc2)nn1. The molecule has 3 rings (SSSR count). The number of carbonyl (C=O) groups excluding carboxylic acids is 1. The summed E-state index contributed by atoms with van der Waals surface area (Å²) in [6.07, 6.45) is 0.646. The summed E-state index contributed by atoms with van der Waals surface area (Å²) >= 11 is 0. The molecule has 0 saturated carbocycles. The van der Waals surface area contributed by atoms with E-state index in [1.54, 1.807) is 6.07 Å². The van der Waals surface area contributed by atoms with Gasteiger partial charge >= 0.3 is 0 Å². The smallest absolute Gasteiger partial charge is 0.228 e. The molecule has 0 aliphatic carbocycles. The largest absolute Gasteiger partial charge is 0.309 e. The van der Waals surface area contributed by atoms with Gasteiger partial charge in [0.25, 0.3) is 0 Å². The molecule has 1 atom stereocenters. The van der Waals surface area contributed by atoms with Crippen LogP contribution in [-0.4, -0.2) is 25.9 Å². The van der Waals surface area contributed by atoms with Crippen LogP contribution in [0, 0.1) is 19.8 Å². The van der Waals surface area contributed by atoms with E-state index in [0.29, 0.717) is 12.2 Å². The summed E-state index contributed by atoms with van der Waals surface area (Å²) < 4.78 is 1.85. The Morgan fingerprint density at radius 2 is 1.85 bits per heavy atom. The van der Waals surface area contributed by atoms with Gasteiger partial charge in [-0.15, -0.1) is 10.2 Å². The van der Waals surface area contributed by atoms with E-state index in [1.807, 2.05) is 68.9 Å². The van der Waals surface area contributed by atoms with E-state index >= 15 is 0 Å². The summed E-state index contributed by atoms with van der Waals surface area (Å²) in [5.74, 6) is 0.197. The zero-order valence-corrected chi connectivity index (χ0v) is 15.5. The molecule has 6 nitrogen and oxygen atoms in total. The molecule has 0 saturated heterocycles. The minimum absolute atomic E-state index is 0.0746. The number of hydrogen-bond acceptors (Lipinski definition) is 4. The van der Waals surface area contributed by atoms with E-state index in [9.17, 15) is 4.79 Å². The highest BCUT2D eigenvalue weighted by molar-refractivity contribution is 5.91. The highest BCUT2D eigenvalue weighted by atomic mass is 16.1. The number of carbonyl (C=O) groups is 1. The third-order valence-corrected chi connectivity index (χ3v) is 4.60. The fourth-order valence-electron chi connectivity index (χ4n) is 2.92. The second kappa shape index (κ2) is 7.47. The van der Waals surface area contributed by atoms with Crippen molar-refractivity contribution in [3.63, 3.8) is 0 Å². The molecule has 6 heteroatoms. The maximum absolute atomic E-state index is 12.5. The highest BCUT2D eigenvalue weighted by Gasteiger charge is 2.19. The molecule has 0 bridgehead atoms. The van der Waals surface area contributed by atoms with Crippen LogP contribution in [0.25, 0.3) is 11.3 Å². The maximum Gasteiger partial charge on any atom is 0.228 e. The lowest BCUT2D eigenvalue weighted by Crippen LogP contribution is -2.23. The number of aryl methyl sites for hydroxylation is 2. The summed E-state index contributed by atoms with van der Waals surface area (Å²) in [5, 5.41) is 15.6. The number of nitrogens with one attached hydrogen (secondary N) is 1. The number of anilines is 1. The minimum atomic E-state index is -0.188. The lowest BCUT2D eigenvalue weighted by atomic mass is 9.99. The standard InChI is InChI=1S/C20H23N5O/c1-13(12-17-14(2)24-25(4)15(17)3)20(26)21-19-11-10-18(22-23-19)16-8-6-5-7-9-16/h5-11,13H,12H2,1-4H3,(H,21,23,26). The van der Waals surface area contributed by atoms with Crippen molar-refractivity contribution in [3.8, 4) is 11.3 Å². The molecular weight excluding hydrogens is 326 g/mol. The second-order valence-corrected chi connectivity index (χ2v) is 6.54. The van der Waals surface area contributed by atoms with Crippen molar-refractivity contribution >= 4 is 11.7 Å². The fourth-order valence-corrected chi connectivity index (χ4v) is 2.92. The van der Waals surface area contributed by atoms with Crippen molar-refractivity contribution in [2.24, 2.45) is 13.0 Å². The van der Waals surface area contributed by atoms with E-state index in [0.717, 1.165) is 28.2 Å². The summed E-state index contributed by atoms with van der Waals surface area (Å²) in [6, 6.07) is 13.5. The van der Waals surface area contributed by atoms with Crippen molar-refractivity contribution in [1.29, 1.82) is 0 Å². The number of amides is 1. The molecule has 26 heavy (non-hydrogen) atoms. The van der Waals surface area contributed by atoms with Crippen molar-refractivity contribution in [1.82, 2.24) is 20.0 Å². The molecule has 0 spiro atoms. The topological polar surface area (TPSA) is 72.7 Å². The number of benzene rings is 1. The lowest BCUT2D eigenvalue weighted by Gasteiger charge is -2.12. The molecule has 0 aliphatic heterocycles. The highest BCUT2D eigenvalue weighted by Crippen LogP contribution is 2.19. The Kier molecular flexibility index (Phi) is 5.11. The van der Waals surface area contributed by atoms with Crippen LogP contribution in [0.1, 0.15) is 23.9 Å². The summed E-state index contributed by atoms with van der Waals surface area (Å²) in [5.41, 5.74) is 4.96. The summed E-state index contributed by atoms with van der Waals surface area (Å²) in [4.78, 5) is 12.5. The monoisotopic (exact) mass is 349 g/mol. The van der Waals surface area contributed by atoms with Gasteiger partial charge in [0.05, 0.1) is 11.4 Å². The average Bonchev–Trinajstić information content (AvgIpc) is 2.89. The molecule has 1 N–H and O–H groups in total. The molecule has 0 fully saturated rings. The van der Waals surface area contributed by atoms with Gasteiger partial charge in [-0.2, -0.15) is 5.10 Å². The van der Waals surface area contributed by atoms with Crippen molar-refractivity contribution < 1.29 is 4.79 Å². The molecular formula is C20H23N5O. The van der Waals surface area contributed by atoms with Crippen molar-refractivity contribution in [2.75, 3.05) is 5.32 Å². The first kappa shape index (κ1) is 17.8. The van der Waals surface area contributed by atoms with Gasteiger partial charge < -0.3 is 5.32 Å². The van der Waals surface area contributed by atoms with Gasteiger partial charge in [-0.1, -0.05) is 37.3 Å². The predicted octanol–water partition coefficient (Wildman–Crippen LogP) is 3.31. The van der Waals surface area contributed by atoms with Gasteiger partial charge in [-0.05, 0) is 38.0 Å². The van der Waals surface area contributed by atoms with E-state index in [-0.39, 0.29) is 11.8 Å². The normalized spacial score (nSPS) is 12.0. The summed E-state index contributed by atoms with van der Waals surface area (Å²) in [7, 11) is 1.92. The van der Waals surface area contributed by atoms with Gasteiger partial charge in [0, 0.05) is 24.2 Å². The van der Waals surface area contributed by atoms with Crippen LogP contribution < -0.4 is 5.32 Å². The van der Waals surface area contributed by atoms with Crippen LogP contribution in [0.4, 0.5) is 5.82 Å². The third kappa shape index (κ3) is 3.79. The first-order valence-corrected chi connectivity index (χ1v) is 8.64. The fraction of sp³-hybridized carbons (Fsp3) is 0.300. The van der Waals surface area contributed by atoms with Gasteiger partial charge in [-0.3, -0.25) is 9.48 Å². The van der Waals surface area contributed by atoms with E-state index in [4.69, 9.17) is 0 Å². The first-order chi connectivity index (χ1) is 12.5. The Morgan fingerprint density at radius 1 is 1.12 bits per heavy atom. The molecule has 0 radical (unpaired) electrons. The van der Waals surface area contributed by atoms with Crippen molar-refractivity contribution in [2.45, 2.75) is 27.2 Å². The number of aromatic nitrogens is 4. The van der Waals surface area contributed by atoms with Crippen LogP contribution in [0.5, 0.6) is 0 Å². The van der Waals surface area contributed by atoms with E-state index in [1.165, 1.54) is 0 Å². The van der Waals surface area contributed by atoms with Crippen LogP contribution in [0.15, 0.2) is 42.5 Å². The van der Waals surface area contributed by atoms with Gasteiger partial charge in [0.2, 0.25) is 5.91 Å². The Balaban J connectivity index is 1.65. The van der Waals surface area contributed by atoms with Gasteiger partial charge in [0.15, 0.2) is 5.82 Å². The number of hydrogen-bond donors (Lipinski definition) is 1. The molecule has 1 unspecified atom stereocenters. The Bertz CT molecular complexity index is 900. The molecule has 1 aromatic carbocycles. The number of nitrogens with zero attached hydrogens (tertiary/aromatic N) is 4. The van der Waals surface area contributed by atoms with E-state index in [2.05, 4.69) is 20.6 Å². The average molecular weight is 349 g/mol. The minimum Gasteiger partial charge on any atom is -0.309 e. The van der Waals surface area contributed by atoms with Crippen LogP contribution in [0.2, 0.25) is 0 Å². The van der Waals surface area contributed by atoms with Crippen molar-refractivity contribution in [3.05, 3.63) is 59.4 Å². The lowest BCUT2D eigenvalue weighted by molar-refractivity contribution is -0.119. The van der Waals surface area contributed by atoms with Crippen LogP contribution >= 0.6 is 0 Å². The third-order valence-electron chi connectivity index (χ3n) is 4.60. The van der Waals surface area contributed by atoms with Crippen LogP contribution in [0.3, 0.4) is 0 Å². The molecule has 1 amide bonds. The quantitative estimate of drug-likeness (QED) is 0.767. The number of rotatable bonds is 5. The van der Waals surface area contributed by atoms with E-state index < -0.39 is 0 Å². The molecule has 3 aromatic rings. The molecule has 2 heterocycles. The molecule has 134 valence electrons. The summed E-state index contributed by atoms with van der Waals surface area (Å²) in [6.45, 7) is 5.90. The second-order valence-electron chi connectivity index (χ2n) is 6.54. The molecule has 0 aliphatic rings. The Hall–Kier alpha value is -3.02. The van der Waals surface area contributed by atoms with Gasteiger partial charge in [0.1, 0.15) is 0 Å². The Morgan fingerprint density at radius 3 is 2.42 bits per heavy atom. The maximum atomic E-state index is 12.5. The van der Waals surface area contributed by atoms with Gasteiger partial charge in [-0.25, -0.2) is 0 Å². The first-order valence-electron chi connectivity index (χ1n) is 8.64. The molecule has 2 aromatic heterocycles. The van der Waals surface area contributed by atoms with Crippen LogP contribution in [-0.2, 0) is 18.3 Å². The Labute approximate surface area is 153 Å². The zero-order chi connectivity index (χ0) is 18.7.